The fourth-order valence-corrected chi connectivity index (χ4v) is 4.27. The Balaban J connectivity index is 1.75. The molecule has 2 heterocycles. The monoisotopic (exact) mass is 301 g/mol. The normalized spacial score (nSPS) is 20.0. The Hall–Kier alpha value is -1.35. The number of thiophene rings is 1. The molecule has 2 nitrogen and oxygen atoms in total. The molecule has 1 unspecified atom stereocenters. The number of rotatable bonds is 2. The second kappa shape index (κ2) is 6.18. The van der Waals surface area contributed by atoms with Crippen LogP contribution in [-0.4, -0.2) is 23.9 Å². The van der Waals surface area contributed by atoms with Gasteiger partial charge in [-0.3, -0.25) is 4.79 Å². The number of amides is 1. The molecule has 1 amide bonds. The number of carbonyl (C=O) groups is 1. The van der Waals surface area contributed by atoms with Crippen LogP contribution in [0.15, 0.2) is 30.3 Å². The molecule has 0 spiro atoms. The highest BCUT2D eigenvalue weighted by atomic mass is 32.1. The Morgan fingerprint density at radius 3 is 2.81 bits per heavy atom. The maximum atomic E-state index is 12.7. The van der Waals surface area contributed by atoms with Gasteiger partial charge in [-0.1, -0.05) is 32.0 Å². The smallest absolute Gasteiger partial charge is 0.263 e. The molecule has 0 bridgehead atoms. The van der Waals surface area contributed by atoms with Crippen LogP contribution < -0.4 is 0 Å². The first-order chi connectivity index (χ1) is 10.1. The van der Waals surface area contributed by atoms with Gasteiger partial charge in [-0.25, -0.2) is 0 Å². The molecule has 112 valence electrons. The first-order valence-corrected chi connectivity index (χ1v) is 8.74. The maximum Gasteiger partial charge on any atom is 0.263 e. The first kappa shape index (κ1) is 14.6. The Bertz CT molecular complexity index is 598. The van der Waals surface area contributed by atoms with E-state index in [1.807, 2.05) is 18.2 Å². The molecule has 21 heavy (non-hydrogen) atoms. The summed E-state index contributed by atoms with van der Waals surface area (Å²) >= 11 is 1.62. The van der Waals surface area contributed by atoms with Crippen molar-refractivity contribution in [2.24, 2.45) is 11.8 Å². The van der Waals surface area contributed by atoms with E-state index in [1.54, 1.807) is 11.3 Å². The number of nitrogens with zero attached hydrogens (tertiary/aromatic N) is 1. The zero-order valence-electron chi connectivity index (χ0n) is 12.8. The van der Waals surface area contributed by atoms with Crippen molar-refractivity contribution in [2.75, 3.05) is 13.1 Å². The van der Waals surface area contributed by atoms with Crippen molar-refractivity contribution >= 4 is 27.3 Å². The standard InChI is InChI=1S/C18H23NOS/c1-13(2)14-7-5-10-19(11-9-14)18(20)17-12-15-6-3-4-8-16(15)21-17/h3-4,6,8,12-14H,5,7,9-11H2,1-2H3. The van der Waals surface area contributed by atoms with E-state index < -0.39 is 0 Å². The van der Waals surface area contributed by atoms with Crippen LogP contribution in [0.5, 0.6) is 0 Å². The molecule has 0 radical (unpaired) electrons. The van der Waals surface area contributed by atoms with Gasteiger partial charge in [-0.05, 0) is 48.6 Å². The lowest BCUT2D eigenvalue weighted by Gasteiger charge is -2.21. The van der Waals surface area contributed by atoms with Crippen molar-refractivity contribution in [1.29, 1.82) is 0 Å². The van der Waals surface area contributed by atoms with Crippen molar-refractivity contribution in [3.8, 4) is 0 Å². The summed E-state index contributed by atoms with van der Waals surface area (Å²) < 4.78 is 1.20. The molecule has 0 aliphatic carbocycles. The molecule has 0 saturated carbocycles. The number of benzene rings is 1. The maximum absolute atomic E-state index is 12.7. The number of carbonyl (C=O) groups excluding carboxylic acids is 1. The van der Waals surface area contributed by atoms with E-state index >= 15 is 0 Å². The third-order valence-electron chi connectivity index (χ3n) is 4.64. The van der Waals surface area contributed by atoms with E-state index in [1.165, 1.54) is 16.5 Å². The SMILES string of the molecule is CC(C)C1CCCN(C(=O)c2cc3ccccc3s2)CC1. The minimum atomic E-state index is 0.223. The lowest BCUT2D eigenvalue weighted by atomic mass is 9.89. The summed E-state index contributed by atoms with van der Waals surface area (Å²) in [5, 5.41) is 1.18. The van der Waals surface area contributed by atoms with Crippen LogP contribution in [0.1, 0.15) is 42.8 Å². The topological polar surface area (TPSA) is 20.3 Å². The van der Waals surface area contributed by atoms with E-state index in [-0.39, 0.29) is 5.91 Å². The summed E-state index contributed by atoms with van der Waals surface area (Å²) in [4.78, 5) is 15.7. The summed E-state index contributed by atoms with van der Waals surface area (Å²) in [7, 11) is 0. The van der Waals surface area contributed by atoms with Gasteiger partial charge in [0.1, 0.15) is 0 Å². The zero-order valence-corrected chi connectivity index (χ0v) is 13.7. The zero-order chi connectivity index (χ0) is 14.8. The molecule has 0 N–H and O–H groups in total. The van der Waals surface area contributed by atoms with Crippen LogP contribution in [0.3, 0.4) is 0 Å². The van der Waals surface area contributed by atoms with Crippen LogP contribution >= 0.6 is 11.3 Å². The molecule has 1 aromatic carbocycles. The van der Waals surface area contributed by atoms with Gasteiger partial charge >= 0.3 is 0 Å². The molecule has 1 saturated heterocycles. The van der Waals surface area contributed by atoms with Crippen LogP contribution in [0.4, 0.5) is 0 Å². The molecule has 3 rings (SSSR count). The predicted molar refractivity (Wildman–Crippen MR) is 89.9 cm³/mol. The highest BCUT2D eigenvalue weighted by Gasteiger charge is 2.24. The minimum Gasteiger partial charge on any atom is -0.338 e. The van der Waals surface area contributed by atoms with Gasteiger partial charge < -0.3 is 4.90 Å². The summed E-state index contributed by atoms with van der Waals surface area (Å²) in [6, 6.07) is 10.3. The van der Waals surface area contributed by atoms with Gasteiger partial charge in [0.05, 0.1) is 4.88 Å². The Kier molecular flexibility index (Phi) is 4.29. The van der Waals surface area contributed by atoms with Crippen molar-refractivity contribution in [3.63, 3.8) is 0 Å². The van der Waals surface area contributed by atoms with Gasteiger partial charge in [0.15, 0.2) is 0 Å². The fourth-order valence-electron chi connectivity index (χ4n) is 3.24. The molecule has 3 heteroatoms. The molecule has 2 aromatic rings. The van der Waals surface area contributed by atoms with Gasteiger partial charge in [0.2, 0.25) is 0 Å². The third-order valence-corrected chi connectivity index (χ3v) is 5.74. The average molecular weight is 301 g/mol. The lowest BCUT2D eigenvalue weighted by molar-refractivity contribution is 0.0763. The summed E-state index contributed by atoms with van der Waals surface area (Å²) in [5.41, 5.74) is 0. The van der Waals surface area contributed by atoms with Gasteiger partial charge in [-0.2, -0.15) is 0 Å². The van der Waals surface area contributed by atoms with Crippen molar-refractivity contribution in [3.05, 3.63) is 35.2 Å². The number of likely N-dealkylation sites (tertiary alicyclic amines) is 1. The van der Waals surface area contributed by atoms with Crippen LogP contribution in [0, 0.1) is 11.8 Å². The number of hydrogen-bond donors (Lipinski definition) is 0. The largest absolute Gasteiger partial charge is 0.338 e. The van der Waals surface area contributed by atoms with E-state index in [0.717, 1.165) is 42.6 Å². The van der Waals surface area contributed by atoms with Gasteiger partial charge in [-0.15, -0.1) is 11.3 Å². The highest BCUT2D eigenvalue weighted by Crippen LogP contribution is 2.29. The highest BCUT2D eigenvalue weighted by molar-refractivity contribution is 7.20. The van der Waals surface area contributed by atoms with E-state index in [4.69, 9.17) is 0 Å². The summed E-state index contributed by atoms with van der Waals surface area (Å²) in [5.74, 6) is 1.72. The minimum absolute atomic E-state index is 0.223. The Labute approximate surface area is 130 Å². The first-order valence-electron chi connectivity index (χ1n) is 7.93. The average Bonchev–Trinajstić information content (AvgIpc) is 2.75. The molecule has 1 aromatic heterocycles. The third kappa shape index (κ3) is 3.13. The quantitative estimate of drug-likeness (QED) is 0.780. The van der Waals surface area contributed by atoms with Crippen LogP contribution in [0.2, 0.25) is 0 Å². The molecule has 1 fully saturated rings. The molecule has 1 aliphatic rings. The fraction of sp³-hybridized carbons (Fsp3) is 0.500. The van der Waals surface area contributed by atoms with Crippen LogP contribution in [-0.2, 0) is 0 Å². The van der Waals surface area contributed by atoms with E-state index in [9.17, 15) is 4.79 Å². The van der Waals surface area contributed by atoms with Crippen molar-refractivity contribution < 1.29 is 4.79 Å². The van der Waals surface area contributed by atoms with E-state index in [0.29, 0.717) is 0 Å². The summed E-state index contributed by atoms with van der Waals surface area (Å²) in [6.07, 6.45) is 3.54. The second-order valence-electron chi connectivity index (χ2n) is 6.38. The van der Waals surface area contributed by atoms with Crippen molar-refractivity contribution in [1.82, 2.24) is 4.90 Å². The summed E-state index contributed by atoms with van der Waals surface area (Å²) in [6.45, 7) is 6.43. The van der Waals surface area contributed by atoms with Crippen molar-refractivity contribution in [2.45, 2.75) is 33.1 Å². The second-order valence-corrected chi connectivity index (χ2v) is 7.46. The van der Waals surface area contributed by atoms with E-state index in [2.05, 4.69) is 30.9 Å². The Morgan fingerprint density at radius 1 is 1.24 bits per heavy atom. The lowest BCUT2D eigenvalue weighted by Crippen LogP contribution is -2.31. The van der Waals surface area contributed by atoms with Gasteiger partial charge in [0, 0.05) is 17.8 Å². The van der Waals surface area contributed by atoms with Crippen LogP contribution in [0.25, 0.3) is 10.1 Å². The molecule has 1 atom stereocenters. The number of fused-ring (bicyclic) bond motifs is 1. The molecular weight excluding hydrogens is 278 g/mol. The number of hydrogen-bond acceptors (Lipinski definition) is 2. The molecular formula is C18H23NOS. The van der Waals surface area contributed by atoms with Gasteiger partial charge in [0.25, 0.3) is 5.91 Å². The molecule has 1 aliphatic heterocycles. The predicted octanol–water partition coefficient (Wildman–Crippen LogP) is 4.80. The Morgan fingerprint density at radius 2 is 2.05 bits per heavy atom.